The van der Waals surface area contributed by atoms with E-state index in [1.54, 1.807) is 42.2 Å². The molecule has 1 aliphatic heterocycles. The number of nitrogens with zero attached hydrogens (tertiary/aromatic N) is 3. The SMILES string of the molecule is Cc1ccc(C2CC23C(=O)Nc2cc(Cl)c(-c4ccc(-c5ccc(-n6cncn6)cc5)c(F)c4)cc23)cc1C(=O)O. The van der Waals surface area contributed by atoms with Gasteiger partial charge in [0.1, 0.15) is 18.5 Å². The number of carbonyl (C=O) groups excluding carboxylic acids is 1. The molecule has 1 saturated carbocycles. The number of hydrogen-bond donors (Lipinski definition) is 2. The molecule has 0 radical (unpaired) electrons. The highest BCUT2D eigenvalue weighted by atomic mass is 35.5. The maximum atomic E-state index is 15.5. The number of hydrogen-bond acceptors (Lipinski definition) is 4. The molecule has 2 aliphatic rings. The topological polar surface area (TPSA) is 97.1 Å². The Balaban J connectivity index is 1.23. The predicted octanol–water partition coefficient (Wildman–Crippen LogP) is 6.78. The molecular formula is C32H22ClFN4O3. The zero-order chi connectivity index (χ0) is 28.5. The molecule has 7 rings (SSSR count). The summed E-state index contributed by atoms with van der Waals surface area (Å²) in [6.07, 6.45) is 3.59. The highest BCUT2D eigenvalue weighted by Gasteiger charge is 2.65. The summed E-state index contributed by atoms with van der Waals surface area (Å²) in [5, 5.41) is 17.0. The molecule has 202 valence electrons. The van der Waals surface area contributed by atoms with Crippen molar-refractivity contribution in [3.8, 4) is 27.9 Å². The van der Waals surface area contributed by atoms with Gasteiger partial charge in [-0.1, -0.05) is 48.0 Å². The molecule has 2 heterocycles. The van der Waals surface area contributed by atoms with Crippen molar-refractivity contribution in [1.82, 2.24) is 14.8 Å². The largest absolute Gasteiger partial charge is 0.478 e. The first-order valence-electron chi connectivity index (χ1n) is 13.0. The van der Waals surface area contributed by atoms with Crippen molar-refractivity contribution < 1.29 is 19.1 Å². The van der Waals surface area contributed by atoms with E-state index in [9.17, 15) is 14.7 Å². The number of fused-ring (bicyclic) bond motifs is 2. The van der Waals surface area contributed by atoms with Gasteiger partial charge in [0.05, 0.1) is 21.7 Å². The molecule has 9 heteroatoms. The number of anilines is 1. The van der Waals surface area contributed by atoms with E-state index in [4.69, 9.17) is 11.6 Å². The third kappa shape index (κ3) is 3.94. The van der Waals surface area contributed by atoms with Gasteiger partial charge in [-0.05, 0) is 77.6 Å². The van der Waals surface area contributed by atoms with Crippen LogP contribution in [0, 0.1) is 12.7 Å². The number of amides is 1. The molecule has 0 bridgehead atoms. The summed E-state index contributed by atoms with van der Waals surface area (Å²) < 4.78 is 17.1. The number of aryl methyl sites for hydroxylation is 1. The van der Waals surface area contributed by atoms with Crippen LogP contribution in [0.3, 0.4) is 0 Å². The molecular weight excluding hydrogens is 543 g/mol. The van der Waals surface area contributed by atoms with Crippen LogP contribution >= 0.6 is 11.6 Å². The van der Waals surface area contributed by atoms with Gasteiger partial charge in [0, 0.05) is 22.7 Å². The van der Waals surface area contributed by atoms with Crippen molar-refractivity contribution in [3.63, 3.8) is 0 Å². The average Bonchev–Trinajstić information content (AvgIpc) is 3.34. The van der Waals surface area contributed by atoms with Gasteiger partial charge in [-0.25, -0.2) is 18.9 Å². The quantitative estimate of drug-likeness (QED) is 0.245. The number of aromatic carboxylic acids is 1. The van der Waals surface area contributed by atoms with Crippen molar-refractivity contribution in [3.05, 3.63) is 119 Å². The first-order valence-corrected chi connectivity index (χ1v) is 13.4. The summed E-state index contributed by atoms with van der Waals surface area (Å²) in [6.45, 7) is 1.75. The Morgan fingerprint density at radius 3 is 2.54 bits per heavy atom. The summed E-state index contributed by atoms with van der Waals surface area (Å²) in [6, 6.07) is 21.2. The highest BCUT2D eigenvalue weighted by molar-refractivity contribution is 6.34. The van der Waals surface area contributed by atoms with Crippen LogP contribution in [0.1, 0.15) is 39.4 Å². The van der Waals surface area contributed by atoms with Gasteiger partial charge in [0.15, 0.2) is 0 Å². The molecule has 2 atom stereocenters. The molecule has 1 aromatic heterocycles. The third-order valence-electron chi connectivity index (χ3n) is 8.24. The first-order chi connectivity index (χ1) is 19.8. The van der Waals surface area contributed by atoms with Crippen LogP contribution in [0.2, 0.25) is 5.02 Å². The van der Waals surface area contributed by atoms with Crippen LogP contribution < -0.4 is 5.32 Å². The van der Waals surface area contributed by atoms with Crippen LogP contribution in [0.15, 0.2) is 85.5 Å². The lowest BCUT2D eigenvalue weighted by Crippen LogP contribution is -2.21. The Morgan fingerprint density at radius 2 is 1.83 bits per heavy atom. The van der Waals surface area contributed by atoms with Crippen LogP contribution in [0.5, 0.6) is 0 Å². The van der Waals surface area contributed by atoms with Crippen LogP contribution in [0.4, 0.5) is 10.1 Å². The summed E-state index contributed by atoms with van der Waals surface area (Å²) >= 11 is 6.65. The average molecular weight is 565 g/mol. The van der Waals surface area contributed by atoms with Crippen LogP contribution in [0.25, 0.3) is 27.9 Å². The maximum Gasteiger partial charge on any atom is 0.335 e. The molecule has 1 aliphatic carbocycles. The van der Waals surface area contributed by atoms with Crippen molar-refractivity contribution in [2.45, 2.75) is 24.7 Å². The fourth-order valence-corrected chi connectivity index (χ4v) is 6.25. The second-order valence-corrected chi connectivity index (χ2v) is 10.9. The van der Waals surface area contributed by atoms with Crippen LogP contribution in [-0.2, 0) is 10.2 Å². The van der Waals surface area contributed by atoms with E-state index in [1.165, 1.54) is 12.4 Å². The molecule has 2 unspecified atom stereocenters. The minimum absolute atomic E-state index is 0.140. The molecule has 1 amide bonds. The lowest BCUT2D eigenvalue weighted by atomic mass is 9.89. The van der Waals surface area contributed by atoms with Gasteiger partial charge in [-0.15, -0.1) is 0 Å². The molecule has 5 aromatic rings. The van der Waals surface area contributed by atoms with E-state index in [0.29, 0.717) is 44.9 Å². The zero-order valence-corrected chi connectivity index (χ0v) is 22.5. The molecule has 7 nitrogen and oxygen atoms in total. The number of rotatable bonds is 5. The summed E-state index contributed by atoms with van der Waals surface area (Å²) in [5.74, 6) is -1.71. The fourth-order valence-electron chi connectivity index (χ4n) is 5.98. The minimum atomic E-state index is -0.999. The van der Waals surface area contributed by atoms with E-state index >= 15 is 4.39 Å². The van der Waals surface area contributed by atoms with Crippen molar-refractivity contribution in [2.24, 2.45) is 0 Å². The third-order valence-corrected chi connectivity index (χ3v) is 8.55. The van der Waals surface area contributed by atoms with E-state index in [2.05, 4.69) is 15.4 Å². The molecule has 41 heavy (non-hydrogen) atoms. The lowest BCUT2D eigenvalue weighted by molar-refractivity contribution is -0.118. The normalized spacial score (nSPS) is 18.8. The predicted molar refractivity (Wildman–Crippen MR) is 153 cm³/mol. The Morgan fingerprint density at radius 1 is 1.05 bits per heavy atom. The smallest absolute Gasteiger partial charge is 0.335 e. The second kappa shape index (κ2) is 9.11. The Bertz CT molecular complexity index is 1890. The number of halogens is 2. The van der Waals surface area contributed by atoms with Gasteiger partial charge in [-0.3, -0.25) is 4.79 Å². The zero-order valence-electron chi connectivity index (χ0n) is 21.7. The van der Waals surface area contributed by atoms with Gasteiger partial charge in [0.25, 0.3) is 0 Å². The lowest BCUT2D eigenvalue weighted by Gasteiger charge is -2.14. The van der Waals surface area contributed by atoms with Crippen LogP contribution in [-0.4, -0.2) is 31.7 Å². The summed E-state index contributed by atoms with van der Waals surface area (Å²) in [5.41, 5.74) is 5.48. The van der Waals surface area contributed by atoms with E-state index in [0.717, 1.165) is 16.8 Å². The minimum Gasteiger partial charge on any atom is -0.478 e. The van der Waals surface area contributed by atoms with Gasteiger partial charge in [0.2, 0.25) is 5.91 Å². The van der Waals surface area contributed by atoms with Gasteiger partial charge >= 0.3 is 5.97 Å². The Labute approximate surface area is 239 Å². The number of aromatic nitrogens is 3. The number of carbonyl (C=O) groups is 2. The Kier molecular flexibility index (Phi) is 5.59. The van der Waals surface area contributed by atoms with Crippen molar-refractivity contribution in [2.75, 3.05) is 5.32 Å². The summed E-state index contributed by atoms with van der Waals surface area (Å²) in [4.78, 5) is 28.9. The standard InChI is InChI=1S/C32H22ClFN4O3/c1-17-2-3-20(10-23(17)30(39)40)26-14-32(26)25-12-24(27(33)13-29(25)37-31(32)41)19-6-9-22(28(34)11-19)18-4-7-21(8-5-18)38-16-35-15-36-38/h2-13,15-16,26H,14H2,1H3,(H,37,41)(H,39,40). The molecule has 4 aromatic carbocycles. The van der Waals surface area contributed by atoms with Crippen molar-refractivity contribution in [1.29, 1.82) is 0 Å². The maximum absolute atomic E-state index is 15.5. The molecule has 1 fully saturated rings. The van der Waals surface area contributed by atoms with Gasteiger partial charge < -0.3 is 10.4 Å². The number of carboxylic acids is 1. The number of carboxylic acid groups (broad SMARTS) is 1. The summed E-state index contributed by atoms with van der Waals surface area (Å²) in [7, 11) is 0. The van der Waals surface area contributed by atoms with E-state index in [-0.39, 0.29) is 17.4 Å². The van der Waals surface area contributed by atoms with Crippen molar-refractivity contribution >= 4 is 29.2 Å². The number of benzene rings is 4. The van der Waals surface area contributed by atoms with Gasteiger partial charge in [-0.2, -0.15) is 5.10 Å². The van der Waals surface area contributed by atoms with E-state index in [1.807, 2.05) is 42.5 Å². The monoisotopic (exact) mass is 564 g/mol. The highest BCUT2D eigenvalue weighted by Crippen LogP contribution is 2.65. The molecule has 2 N–H and O–H groups in total. The number of nitrogens with one attached hydrogen (secondary N) is 1. The molecule has 0 saturated heterocycles. The first kappa shape index (κ1) is 25.2. The Hall–Kier alpha value is -4.82. The van der Waals surface area contributed by atoms with E-state index < -0.39 is 17.2 Å². The fraction of sp³-hybridized carbons (Fsp3) is 0.125. The second-order valence-electron chi connectivity index (χ2n) is 10.5. The molecule has 1 spiro atoms.